The molecule has 8 nitrogen and oxygen atoms in total. The molecule has 0 spiro atoms. The van der Waals surface area contributed by atoms with Gasteiger partial charge in [-0.05, 0) is 55.2 Å². The first-order valence-corrected chi connectivity index (χ1v) is 13.5. The average molecular weight is 524 g/mol. The molecule has 0 aliphatic heterocycles. The summed E-state index contributed by atoms with van der Waals surface area (Å²) in [5.74, 6) is 0.0701. The predicted molar refractivity (Wildman–Crippen MR) is 139 cm³/mol. The Labute approximate surface area is 213 Å². The van der Waals surface area contributed by atoms with Crippen molar-refractivity contribution >= 4 is 39.1 Å². The van der Waals surface area contributed by atoms with E-state index in [-0.39, 0.29) is 18.4 Å². The van der Waals surface area contributed by atoms with E-state index in [9.17, 15) is 18.0 Å². The molecular formula is C25H34ClN3O5S. The number of ether oxygens (including phenoxy) is 1. The summed E-state index contributed by atoms with van der Waals surface area (Å²) in [7, 11) is -2.27. The van der Waals surface area contributed by atoms with E-state index in [1.165, 1.54) is 11.0 Å². The molecule has 0 fully saturated rings. The Morgan fingerprint density at radius 3 is 2.26 bits per heavy atom. The van der Waals surface area contributed by atoms with Crippen molar-refractivity contribution in [2.45, 2.75) is 40.3 Å². The summed E-state index contributed by atoms with van der Waals surface area (Å²) in [4.78, 5) is 27.8. The van der Waals surface area contributed by atoms with Crippen LogP contribution in [0.5, 0.6) is 5.75 Å². The first-order valence-electron chi connectivity index (χ1n) is 11.3. The number of benzene rings is 2. The van der Waals surface area contributed by atoms with Crippen molar-refractivity contribution in [1.82, 2.24) is 10.2 Å². The molecule has 0 saturated carbocycles. The van der Waals surface area contributed by atoms with Gasteiger partial charge in [-0.3, -0.25) is 13.9 Å². The smallest absolute Gasteiger partial charge is 0.244 e. The lowest BCUT2D eigenvalue weighted by Gasteiger charge is -2.32. The highest BCUT2D eigenvalue weighted by Crippen LogP contribution is 2.27. The van der Waals surface area contributed by atoms with Crippen LogP contribution in [0, 0.1) is 12.8 Å². The van der Waals surface area contributed by atoms with Crippen LogP contribution in [0.4, 0.5) is 5.69 Å². The van der Waals surface area contributed by atoms with Gasteiger partial charge in [0.15, 0.2) is 0 Å². The molecule has 1 atom stereocenters. The Morgan fingerprint density at radius 2 is 1.71 bits per heavy atom. The lowest BCUT2D eigenvalue weighted by Crippen LogP contribution is -2.51. The highest BCUT2D eigenvalue weighted by Gasteiger charge is 2.30. The summed E-state index contributed by atoms with van der Waals surface area (Å²) in [5, 5.41) is 3.20. The van der Waals surface area contributed by atoms with Crippen LogP contribution in [0.1, 0.15) is 31.9 Å². The number of hydrogen-bond acceptors (Lipinski definition) is 5. The molecule has 2 rings (SSSR count). The lowest BCUT2D eigenvalue weighted by atomic mass is 10.1. The number of carbonyl (C=O) groups excluding carboxylic acids is 2. The topological polar surface area (TPSA) is 96.0 Å². The normalized spacial score (nSPS) is 12.2. The molecule has 0 unspecified atom stereocenters. The van der Waals surface area contributed by atoms with Gasteiger partial charge in [0.05, 0.1) is 19.1 Å². The number of methoxy groups -OCH3 is 1. The van der Waals surface area contributed by atoms with E-state index >= 15 is 0 Å². The monoisotopic (exact) mass is 523 g/mol. The number of rotatable bonds is 11. The molecule has 0 bridgehead atoms. The number of aryl methyl sites for hydroxylation is 1. The van der Waals surface area contributed by atoms with Crippen LogP contribution < -0.4 is 14.4 Å². The van der Waals surface area contributed by atoms with Crippen molar-refractivity contribution < 1.29 is 22.7 Å². The van der Waals surface area contributed by atoms with Gasteiger partial charge < -0.3 is 15.0 Å². The third-order valence-corrected chi connectivity index (χ3v) is 6.84. The van der Waals surface area contributed by atoms with Gasteiger partial charge in [-0.15, -0.1) is 0 Å². The maximum Gasteiger partial charge on any atom is 0.244 e. The number of sulfonamides is 1. The van der Waals surface area contributed by atoms with Crippen LogP contribution in [0.2, 0.25) is 5.02 Å². The highest BCUT2D eigenvalue weighted by atomic mass is 35.5. The van der Waals surface area contributed by atoms with Gasteiger partial charge >= 0.3 is 0 Å². The molecule has 192 valence electrons. The van der Waals surface area contributed by atoms with Crippen LogP contribution in [0.25, 0.3) is 0 Å². The van der Waals surface area contributed by atoms with Crippen molar-refractivity contribution in [2.75, 3.05) is 30.8 Å². The van der Waals surface area contributed by atoms with Gasteiger partial charge in [0.1, 0.15) is 18.3 Å². The van der Waals surface area contributed by atoms with E-state index in [2.05, 4.69) is 5.32 Å². The number of carbonyl (C=O) groups is 2. The van der Waals surface area contributed by atoms with E-state index < -0.39 is 28.5 Å². The number of amides is 2. The summed E-state index contributed by atoms with van der Waals surface area (Å²) >= 11 is 6.11. The summed E-state index contributed by atoms with van der Waals surface area (Å²) in [6.45, 7) is 7.43. The summed E-state index contributed by atoms with van der Waals surface area (Å²) in [5.41, 5.74) is 1.74. The van der Waals surface area contributed by atoms with E-state index in [1.54, 1.807) is 57.4 Å². The molecule has 2 aromatic carbocycles. The molecule has 10 heteroatoms. The molecule has 0 heterocycles. The van der Waals surface area contributed by atoms with E-state index in [4.69, 9.17) is 16.3 Å². The van der Waals surface area contributed by atoms with Crippen LogP contribution in [0.3, 0.4) is 0 Å². The molecular weight excluding hydrogens is 490 g/mol. The second-order valence-corrected chi connectivity index (χ2v) is 11.2. The average Bonchev–Trinajstić information content (AvgIpc) is 2.80. The van der Waals surface area contributed by atoms with Crippen molar-refractivity contribution in [1.29, 1.82) is 0 Å². The van der Waals surface area contributed by atoms with Gasteiger partial charge in [-0.1, -0.05) is 43.6 Å². The van der Waals surface area contributed by atoms with Crippen LogP contribution in [-0.2, 0) is 26.2 Å². The van der Waals surface area contributed by atoms with Crippen LogP contribution in [0.15, 0.2) is 42.5 Å². The van der Waals surface area contributed by atoms with Gasteiger partial charge in [0.2, 0.25) is 21.8 Å². The molecule has 2 amide bonds. The van der Waals surface area contributed by atoms with Crippen LogP contribution >= 0.6 is 11.6 Å². The van der Waals surface area contributed by atoms with Gasteiger partial charge in [0, 0.05) is 18.1 Å². The molecule has 0 aromatic heterocycles. The molecule has 0 saturated heterocycles. The first kappa shape index (κ1) is 28.5. The minimum Gasteiger partial charge on any atom is -0.497 e. The van der Waals surface area contributed by atoms with Gasteiger partial charge in [-0.25, -0.2) is 8.42 Å². The minimum absolute atomic E-state index is 0.116. The maximum atomic E-state index is 13.6. The second kappa shape index (κ2) is 12.3. The Hall–Kier alpha value is -2.78. The minimum atomic E-state index is -3.82. The Kier molecular flexibility index (Phi) is 9.97. The first-order chi connectivity index (χ1) is 16.3. The molecule has 35 heavy (non-hydrogen) atoms. The van der Waals surface area contributed by atoms with Crippen molar-refractivity contribution in [2.24, 2.45) is 5.92 Å². The quantitative estimate of drug-likeness (QED) is 0.485. The van der Waals surface area contributed by atoms with Gasteiger partial charge in [0.25, 0.3) is 0 Å². The summed E-state index contributed by atoms with van der Waals surface area (Å²) in [6, 6.07) is 11.2. The van der Waals surface area contributed by atoms with Crippen molar-refractivity contribution in [3.05, 3.63) is 58.6 Å². The molecule has 2 aromatic rings. The summed E-state index contributed by atoms with van der Waals surface area (Å²) in [6.07, 6.45) is 1.03. The fraction of sp³-hybridized carbons (Fsp3) is 0.440. The Bertz CT molecular complexity index is 1140. The maximum absolute atomic E-state index is 13.6. The van der Waals surface area contributed by atoms with Crippen molar-refractivity contribution in [3.63, 3.8) is 0 Å². The fourth-order valence-electron chi connectivity index (χ4n) is 3.41. The number of nitrogens with zero attached hydrogens (tertiary/aromatic N) is 2. The Morgan fingerprint density at radius 1 is 1.09 bits per heavy atom. The lowest BCUT2D eigenvalue weighted by molar-refractivity contribution is -0.139. The van der Waals surface area contributed by atoms with Crippen LogP contribution in [-0.4, -0.2) is 57.6 Å². The standard InChI is InChI=1S/C25H34ClN3O5S/c1-17(2)14-27-25(31)19(4)28(15-20-8-11-22(34-5)12-9-20)24(30)16-29(35(6,32)33)23-13-21(26)10-7-18(23)3/h7-13,17,19H,14-16H2,1-6H3,(H,27,31)/t19-/m0/s1. The second-order valence-electron chi connectivity index (χ2n) is 8.89. The van der Waals surface area contributed by atoms with E-state index in [1.807, 2.05) is 13.8 Å². The van der Waals surface area contributed by atoms with Crippen molar-refractivity contribution in [3.8, 4) is 5.75 Å². The number of anilines is 1. The zero-order valence-corrected chi connectivity index (χ0v) is 22.6. The molecule has 0 aliphatic carbocycles. The molecule has 0 radical (unpaired) electrons. The zero-order chi connectivity index (χ0) is 26.3. The summed E-state index contributed by atoms with van der Waals surface area (Å²) < 4.78 is 31.6. The molecule has 0 aliphatic rings. The number of hydrogen-bond donors (Lipinski definition) is 1. The SMILES string of the molecule is COc1ccc(CN(C(=O)CN(c2cc(Cl)ccc2C)S(C)(=O)=O)[C@@H](C)C(=O)NCC(C)C)cc1. The number of halogens is 1. The zero-order valence-electron chi connectivity index (χ0n) is 21.0. The predicted octanol–water partition coefficient (Wildman–Crippen LogP) is 3.61. The fourth-order valence-corrected chi connectivity index (χ4v) is 4.47. The van der Waals surface area contributed by atoms with Gasteiger partial charge in [-0.2, -0.15) is 0 Å². The largest absolute Gasteiger partial charge is 0.497 e. The third kappa shape index (κ3) is 8.14. The third-order valence-electron chi connectivity index (χ3n) is 5.48. The highest BCUT2D eigenvalue weighted by molar-refractivity contribution is 7.92. The molecule has 1 N–H and O–H groups in total. The number of nitrogens with one attached hydrogen (secondary N) is 1. The van der Waals surface area contributed by atoms with E-state index in [0.29, 0.717) is 28.6 Å². The Balaban J connectivity index is 2.40. The van der Waals surface area contributed by atoms with E-state index in [0.717, 1.165) is 16.1 Å².